The molecule has 0 aliphatic rings. The highest BCUT2D eigenvalue weighted by Crippen LogP contribution is 1.93. The van der Waals surface area contributed by atoms with E-state index in [0.717, 1.165) is 4.68 Å². The highest BCUT2D eigenvalue weighted by atomic mass is 16.2. The summed E-state index contributed by atoms with van der Waals surface area (Å²) in [4.78, 5) is 10.7. The molecule has 0 saturated carbocycles. The predicted octanol–water partition coefficient (Wildman–Crippen LogP) is -0.936. The van der Waals surface area contributed by atoms with Gasteiger partial charge in [-0.15, -0.1) is 5.10 Å². The smallest absolute Gasteiger partial charge is 0.260 e. The average molecular weight is 140 g/mol. The van der Waals surface area contributed by atoms with Gasteiger partial charge in [-0.2, -0.15) is 0 Å². The van der Waals surface area contributed by atoms with Crippen LogP contribution in [0.1, 0.15) is 4.79 Å². The molecule has 10 heavy (non-hydrogen) atoms. The molecular weight excluding hydrogens is 132 g/mol. The average Bonchev–Trinajstić information content (AvgIpc) is 2.34. The number of carbonyl (C=O) groups is 1. The Labute approximate surface area is 57.6 Å². The number of hydrogen-bond acceptors (Lipinski definition) is 4. The number of anilines is 1. The lowest BCUT2D eigenvalue weighted by atomic mass is 10.6. The van der Waals surface area contributed by atoms with E-state index in [1.54, 1.807) is 0 Å². The Morgan fingerprint density at radius 3 is 2.90 bits per heavy atom. The van der Waals surface area contributed by atoms with E-state index in [0.29, 0.717) is 5.82 Å². The third kappa shape index (κ3) is 1.14. The van der Waals surface area contributed by atoms with Gasteiger partial charge in [0.25, 0.3) is 5.91 Å². The van der Waals surface area contributed by atoms with Gasteiger partial charge in [0.1, 0.15) is 5.82 Å². The summed E-state index contributed by atoms with van der Waals surface area (Å²) >= 11 is 0. The number of aromatic nitrogens is 2. The minimum atomic E-state index is -0.267. The van der Waals surface area contributed by atoms with Crippen LogP contribution in [0.25, 0.3) is 0 Å². The predicted molar refractivity (Wildman–Crippen MR) is 36.3 cm³/mol. The second kappa shape index (κ2) is 2.49. The lowest BCUT2D eigenvalue weighted by molar-refractivity contribution is 0.0908. The van der Waals surface area contributed by atoms with E-state index in [9.17, 15) is 4.79 Å². The molecule has 0 saturated heterocycles. The second-order valence-electron chi connectivity index (χ2n) is 1.78. The van der Waals surface area contributed by atoms with Gasteiger partial charge >= 0.3 is 0 Å². The normalized spacial score (nSPS) is 9.70. The lowest BCUT2D eigenvalue weighted by Gasteiger charge is -1.92. The molecule has 0 fully saturated rings. The van der Waals surface area contributed by atoms with Crippen molar-refractivity contribution < 1.29 is 4.79 Å². The fraction of sp³-hybridized carbons (Fsp3) is 0.200. The molecule has 0 aliphatic carbocycles. The van der Waals surface area contributed by atoms with E-state index in [4.69, 9.17) is 11.5 Å². The Kier molecular flexibility index (Phi) is 1.68. The molecule has 5 heteroatoms. The van der Waals surface area contributed by atoms with Crippen LogP contribution in [0.15, 0.2) is 12.3 Å². The molecule has 1 rings (SSSR count). The van der Waals surface area contributed by atoms with Crippen molar-refractivity contribution in [1.29, 1.82) is 0 Å². The van der Waals surface area contributed by atoms with Crippen LogP contribution in [-0.4, -0.2) is 22.2 Å². The number of nitrogens with zero attached hydrogens (tertiary/aromatic N) is 2. The third-order valence-corrected chi connectivity index (χ3v) is 1.04. The Morgan fingerprint density at radius 2 is 2.50 bits per heavy atom. The monoisotopic (exact) mass is 140 g/mol. The SMILES string of the molecule is NCC(=O)n1ccc(N)n1. The van der Waals surface area contributed by atoms with E-state index in [-0.39, 0.29) is 12.5 Å². The standard InChI is InChI=1S/C5H8N4O/c6-3-5(10)9-2-1-4(7)8-9/h1-2H,3,6H2,(H2,7,8). The Balaban J connectivity index is 2.85. The number of rotatable bonds is 1. The van der Waals surface area contributed by atoms with Crippen molar-refractivity contribution in [3.63, 3.8) is 0 Å². The Bertz CT molecular complexity index is 242. The van der Waals surface area contributed by atoms with Crippen LogP contribution in [0.4, 0.5) is 5.82 Å². The number of hydrogen-bond donors (Lipinski definition) is 2. The van der Waals surface area contributed by atoms with Crippen LogP contribution in [0.3, 0.4) is 0 Å². The zero-order valence-electron chi connectivity index (χ0n) is 5.32. The summed E-state index contributed by atoms with van der Waals surface area (Å²) in [6.07, 6.45) is 1.48. The third-order valence-electron chi connectivity index (χ3n) is 1.04. The van der Waals surface area contributed by atoms with E-state index in [2.05, 4.69) is 5.10 Å². The first kappa shape index (κ1) is 6.76. The van der Waals surface area contributed by atoms with Crippen molar-refractivity contribution in [3.8, 4) is 0 Å². The first-order valence-corrected chi connectivity index (χ1v) is 2.78. The summed E-state index contributed by atoms with van der Waals surface area (Å²) in [5, 5.41) is 3.65. The molecule has 1 aromatic rings. The first-order chi connectivity index (χ1) is 4.74. The molecule has 54 valence electrons. The van der Waals surface area contributed by atoms with Crippen molar-refractivity contribution in [2.24, 2.45) is 5.73 Å². The topological polar surface area (TPSA) is 86.9 Å². The molecule has 1 aromatic heterocycles. The molecule has 0 unspecified atom stereocenters. The van der Waals surface area contributed by atoms with Gasteiger partial charge in [0, 0.05) is 12.3 Å². The molecule has 1 heterocycles. The minimum absolute atomic E-state index is 0.0544. The maximum Gasteiger partial charge on any atom is 0.260 e. The zero-order valence-corrected chi connectivity index (χ0v) is 5.32. The van der Waals surface area contributed by atoms with Crippen LogP contribution in [0, 0.1) is 0 Å². The highest BCUT2D eigenvalue weighted by molar-refractivity contribution is 5.79. The first-order valence-electron chi connectivity index (χ1n) is 2.78. The van der Waals surface area contributed by atoms with Crippen LogP contribution < -0.4 is 11.5 Å². The molecule has 0 aliphatic heterocycles. The van der Waals surface area contributed by atoms with Crippen molar-refractivity contribution in [2.45, 2.75) is 0 Å². The molecule has 0 atom stereocenters. The Hall–Kier alpha value is -1.36. The quantitative estimate of drug-likeness (QED) is 0.527. The summed E-state index contributed by atoms with van der Waals surface area (Å²) in [6.45, 7) is -0.0544. The number of nitrogen functional groups attached to an aromatic ring is 1. The maximum absolute atomic E-state index is 10.7. The summed E-state index contributed by atoms with van der Waals surface area (Å²) in [6, 6.07) is 1.54. The van der Waals surface area contributed by atoms with Crippen LogP contribution >= 0.6 is 0 Å². The van der Waals surface area contributed by atoms with E-state index < -0.39 is 0 Å². The minimum Gasteiger partial charge on any atom is -0.382 e. The van der Waals surface area contributed by atoms with Crippen LogP contribution in [0.2, 0.25) is 0 Å². The van der Waals surface area contributed by atoms with Gasteiger partial charge < -0.3 is 11.5 Å². The van der Waals surface area contributed by atoms with Crippen molar-refractivity contribution in [1.82, 2.24) is 9.78 Å². The van der Waals surface area contributed by atoms with Gasteiger partial charge in [0.15, 0.2) is 0 Å². The highest BCUT2D eigenvalue weighted by Gasteiger charge is 2.01. The molecular formula is C5H8N4O. The largest absolute Gasteiger partial charge is 0.382 e. The molecule has 0 spiro atoms. The second-order valence-corrected chi connectivity index (χ2v) is 1.78. The van der Waals surface area contributed by atoms with E-state index >= 15 is 0 Å². The van der Waals surface area contributed by atoms with Gasteiger partial charge in [-0.05, 0) is 0 Å². The van der Waals surface area contributed by atoms with Crippen molar-refractivity contribution >= 4 is 11.7 Å². The molecule has 0 amide bonds. The van der Waals surface area contributed by atoms with Crippen molar-refractivity contribution in [3.05, 3.63) is 12.3 Å². The lowest BCUT2D eigenvalue weighted by Crippen LogP contribution is -2.21. The summed E-state index contributed by atoms with van der Waals surface area (Å²) in [5.74, 6) is 0.0542. The van der Waals surface area contributed by atoms with Gasteiger partial charge in [-0.3, -0.25) is 4.79 Å². The van der Waals surface area contributed by atoms with Gasteiger partial charge in [-0.25, -0.2) is 4.68 Å². The van der Waals surface area contributed by atoms with Gasteiger partial charge in [0.2, 0.25) is 0 Å². The van der Waals surface area contributed by atoms with E-state index in [1.165, 1.54) is 12.3 Å². The van der Waals surface area contributed by atoms with Crippen molar-refractivity contribution in [2.75, 3.05) is 12.3 Å². The zero-order chi connectivity index (χ0) is 7.56. The van der Waals surface area contributed by atoms with Crippen LogP contribution in [0.5, 0.6) is 0 Å². The van der Waals surface area contributed by atoms with E-state index in [1.807, 2.05) is 0 Å². The van der Waals surface area contributed by atoms with Crippen LogP contribution in [-0.2, 0) is 0 Å². The van der Waals surface area contributed by atoms with Gasteiger partial charge in [-0.1, -0.05) is 0 Å². The van der Waals surface area contributed by atoms with Gasteiger partial charge in [0.05, 0.1) is 6.54 Å². The maximum atomic E-state index is 10.7. The molecule has 0 radical (unpaired) electrons. The fourth-order valence-electron chi connectivity index (χ4n) is 0.570. The molecule has 0 aromatic carbocycles. The summed E-state index contributed by atoms with van der Waals surface area (Å²) in [7, 11) is 0. The molecule has 0 bridgehead atoms. The fourth-order valence-corrected chi connectivity index (χ4v) is 0.570. The molecule has 5 nitrogen and oxygen atoms in total. The summed E-state index contributed by atoms with van der Waals surface area (Å²) in [5.41, 5.74) is 10.3. The number of nitrogens with two attached hydrogens (primary N) is 2. The summed E-state index contributed by atoms with van der Waals surface area (Å²) < 4.78 is 1.12. The number of carbonyl (C=O) groups excluding carboxylic acids is 1. The Morgan fingerprint density at radius 1 is 1.80 bits per heavy atom. The molecule has 4 N–H and O–H groups in total.